The third-order valence-electron chi connectivity index (χ3n) is 8.68. The zero-order valence-electron chi connectivity index (χ0n) is 36.8. The van der Waals surface area contributed by atoms with Gasteiger partial charge in [0, 0.05) is 0 Å². The van der Waals surface area contributed by atoms with E-state index in [0.717, 1.165) is 62.2 Å². The molecule has 0 saturated carbocycles. The van der Waals surface area contributed by atoms with E-state index in [4.69, 9.17) is 0 Å². The molecule has 352 valence electrons. The third kappa shape index (κ3) is 23.4. The van der Waals surface area contributed by atoms with Gasteiger partial charge in [-0.1, -0.05) is 0 Å². The summed E-state index contributed by atoms with van der Waals surface area (Å²) in [5.74, 6) is 0. The molecule has 0 nitrogen and oxygen atoms in total. The van der Waals surface area contributed by atoms with E-state index >= 15 is 0 Å². The average molecular weight is 1360 g/mol. The van der Waals surface area contributed by atoms with Crippen molar-refractivity contribution >= 4 is 110 Å². The van der Waals surface area contributed by atoms with Crippen LogP contribution in [-0.2, 0) is 43.5 Å². The molecule has 0 spiro atoms. The maximum atomic E-state index is 2.30. The van der Waals surface area contributed by atoms with Crippen molar-refractivity contribution in [2.45, 2.75) is 0 Å². The van der Waals surface area contributed by atoms with Crippen molar-refractivity contribution in [2.75, 3.05) is 0 Å². The summed E-state index contributed by atoms with van der Waals surface area (Å²) in [6, 6.07) is 99.5. The fourth-order valence-electron chi connectivity index (χ4n) is 5.59. The van der Waals surface area contributed by atoms with Gasteiger partial charge < -0.3 is 24.8 Å². The molecular weight excluding hydrogens is 1300 g/mol. The van der Waals surface area contributed by atoms with Crippen molar-refractivity contribution in [1.29, 1.82) is 0 Å². The first-order valence-corrected chi connectivity index (χ1v) is 52.2. The Balaban J connectivity index is 0.000000188. The van der Waals surface area contributed by atoms with Crippen LogP contribution in [0.15, 0.2) is 273 Å². The van der Waals surface area contributed by atoms with Crippen LogP contribution >= 0.6 is 62.2 Å². The molecule has 0 amide bonds. The van der Waals surface area contributed by atoms with E-state index in [1.165, 1.54) is 47.7 Å². The summed E-state index contributed by atoms with van der Waals surface area (Å²) in [4.78, 5) is 0. The molecule has 0 N–H and O–H groups in total. The van der Waals surface area contributed by atoms with Crippen LogP contribution in [0.5, 0.6) is 0 Å². The Morgan fingerprint density at radius 3 is 0.324 bits per heavy atom. The van der Waals surface area contributed by atoms with Gasteiger partial charge in [-0.3, -0.25) is 0 Å². The molecule has 9 rings (SSSR count). The zero-order chi connectivity index (χ0) is 45.1. The normalized spacial score (nSPS) is 12.4. The van der Waals surface area contributed by atoms with Gasteiger partial charge in [0.2, 0.25) is 0 Å². The van der Waals surface area contributed by atoms with Crippen LogP contribution in [0.2, 0.25) is 0 Å². The second kappa shape index (κ2) is 35.5. The fourth-order valence-corrected chi connectivity index (χ4v) is 74.6. The molecule has 0 aliphatic heterocycles. The first-order chi connectivity index (χ1) is 32.7. The summed E-state index contributed by atoms with van der Waals surface area (Å²) >= 11 is -2.64. The van der Waals surface area contributed by atoms with Gasteiger partial charge in [-0.05, 0) is 0 Å². The molecule has 0 heterocycles. The first kappa shape index (κ1) is 58.2. The maximum absolute atomic E-state index is 2.30. The third-order valence-corrected chi connectivity index (χ3v) is 68.6. The van der Waals surface area contributed by atoms with Crippen LogP contribution < -0.4 is 72.6 Å². The summed E-state index contributed by atoms with van der Waals surface area (Å²) in [5.41, 5.74) is 0. The predicted octanol–water partition coefficient (Wildman–Crippen LogP) is 7.09. The van der Waals surface area contributed by atoms with Crippen molar-refractivity contribution in [3.8, 4) is 0 Å². The van der Waals surface area contributed by atoms with Gasteiger partial charge in [0.05, 0.1) is 0 Å². The summed E-state index contributed by atoms with van der Waals surface area (Å²) in [6.07, 6.45) is 0. The molecule has 0 aliphatic rings. The van der Waals surface area contributed by atoms with Gasteiger partial charge in [-0.25, -0.2) is 0 Å². The van der Waals surface area contributed by atoms with Crippen molar-refractivity contribution < 1.29 is 68.3 Å². The Labute approximate surface area is 446 Å². The van der Waals surface area contributed by atoms with Crippen LogP contribution in [0.1, 0.15) is 0 Å². The van der Waals surface area contributed by atoms with Crippen molar-refractivity contribution in [2.24, 2.45) is 0 Å². The van der Waals surface area contributed by atoms with E-state index in [-0.39, 0.29) is 24.8 Å². The van der Waals surface area contributed by atoms with Crippen molar-refractivity contribution in [3.63, 3.8) is 0 Å². The summed E-state index contributed by atoms with van der Waals surface area (Å²) in [5, 5.41) is 13.8. The predicted molar refractivity (Wildman–Crippen MR) is 310 cm³/mol. The molecular formula is C54H54Cl2P9Ru3+. The van der Waals surface area contributed by atoms with Crippen LogP contribution in [0.25, 0.3) is 0 Å². The topological polar surface area (TPSA) is 0 Å². The Bertz CT molecular complexity index is 2040. The second-order valence-electron chi connectivity index (χ2n) is 13.9. The van der Waals surface area contributed by atoms with E-state index in [0.29, 0.717) is 0 Å². The molecule has 14 heteroatoms. The van der Waals surface area contributed by atoms with Gasteiger partial charge in [-0.2, -0.15) is 0 Å². The van der Waals surface area contributed by atoms with Gasteiger partial charge in [0.1, 0.15) is 0 Å². The minimum atomic E-state index is -0.880. The molecule has 0 aromatic heterocycles. The SMILES string of the molecule is [Cl-].[Cl-].c1ccc([PH][Ru+]([PH]c2ccccc2)[PH]c2ccccc2)cc1.c1ccc([PH][Ru+]([PH]c2ccccc2)[PH]c2ccccc2)cc1.c1ccc([PH][Ru+]([PH]c2ccccc2)[PH]c2ccccc2)cc1. The van der Waals surface area contributed by atoms with Crippen molar-refractivity contribution in [3.05, 3.63) is 273 Å². The van der Waals surface area contributed by atoms with E-state index < -0.39 is 43.5 Å². The quantitative estimate of drug-likeness (QED) is 0.0637. The Morgan fingerprint density at radius 1 is 0.147 bits per heavy atom. The van der Waals surface area contributed by atoms with E-state index in [1.807, 2.05) is 0 Å². The number of hydrogen-bond acceptors (Lipinski definition) is 0. The van der Waals surface area contributed by atoms with E-state index in [1.54, 1.807) is 0 Å². The Kier molecular flexibility index (Phi) is 30.3. The standard InChI is InChI=1S/9C6H6P.2ClH.3Ru/c9*7-6-4-2-1-3-5-6;;;;;/h9*1-5,7H;2*1H;;;/q9*-1;;;3*+4/p-2. The molecule has 9 unspecified atom stereocenters. The summed E-state index contributed by atoms with van der Waals surface area (Å²) < 4.78 is 0. The molecule has 0 saturated heterocycles. The van der Waals surface area contributed by atoms with Crippen LogP contribution in [0.4, 0.5) is 0 Å². The molecule has 9 aromatic rings. The number of hydrogen-bond donors (Lipinski definition) is 0. The fraction of sp³-hybridized carbons (Fsp3) is 0. The van der Waals surface area contributed by atoms with Crippen molar-refractivity contribution in [1.82, 2.24) is 0 Å². The van der Waals surface area contributed by atoms with E-state index in [9.17, 15) is 0 Å². The second-order valence-corrected chi connectivity index (χ2v) is 74.0. The molecule has 9 atom stereocenters. The number of rotatable bonds is 18. The van der Waals surface area contributed by atoms with E-state index in [2.05, 4.69) is 273 Å². The van der Waals surface area contributed by atoms with Gasteiger partial charge in [0.25, 0.3) is 0 Å². The molecule has 0 fully saturated rings. The number of benzene rings is 9. The molecule has 0 aliphatic carbocycles. The van der Waals surface area contributed by atoms with Crippen LogP contribution in [-0.4, -0.2) is 0 Å². The average Bonchev–Trinajstić information content (AvgIpc) is 3.37. The summed E-state index contributed by atoms with van der Waals surface area (Å²) in [6.45, 7) is 9.13. The Morgan fingerprint density at radius 2 is 0.235 bits per heavy atom. The van der Waals surface area contributed by atoms with Crippen LogP contribution in [0.3, 0.4) is 0 Å². The Hall–Kier alpha value is -0.700. The molecule has 68 heavy (non-hydrogen) atoms. The molecule has 0 bridgehead atoms. The van der Waals surface area contributed by atoms with Gasteiger partial charge in [-0.15, -0.1) is 0 Å². The van der Waals surface area contributed by atoms with Gasteiger partial charge >= 0.3 is 426 Å². The minimum absolute atomic E-state index is 0. The monoisotopic (exact) mass is 1360 g/mol. The first-order valence-electron chi connectivity index (χ1n) is 21.0. The molecule has 9 aromatic carbocycles. The van der Waals surface area contributed by atoms with Crippen LogP contribution in [0, 0.1) is 0 Å². The molecule has 0 radical (unpaired) electrons. The zero-order valence-corrected chi connectivity index (χ0v) is 52.5. The summed E-state index contributed by atoms with van der Waals surface area (Å²) in [7, 11) is 0. The number of halogens is 2. The van der Waals surface area contributed by atoms with Gasteiger partial charge in [0.15, 0.2) is 0 Å².